The summed E-state index contributed by atoms with van der Waals surface area (Å²) in [5, 5.41) is 3.03. The number of aryl methyl sites for hydroxylation is 1. The van der Waals surface area contributed by atoms with Gasteiger partial charge in [-0.1, -0.05) is 18.2 Å². The highest BCUT2D eigenvalue weighted by Crippen LogP contribution is 2.41. The number of fused-ring (bicyclic) bond motifs is 1. The van der Waals surface area contributed by atoms with Gasteiger partial charge in [-0.25, -0.2) is 9.37 Å². The summed E-state index contributed by atoms with van der Waals surface area (Å²) in [6.07, 6.45) is 5.11. The lowest BCUT2D eigenvalue weighted by Crippen LogP contribution is -2.47. The summed E-state index contributed by atoms with van der Waals surface area (Å²) in [5.74, 6) is 1.07. The molecule has 3 heterocycles. The number of benzene rings is 1. The molecule has 1 amide bonds. The van der Waals surface area contributed by atoms with Gasteiger partial charge in [0.2, 0.25) is 5.91 Å². The highest BCUT2D eigenvalue weighted by molar-refractivity contribution is 5.84. The second-order valence-corrected chi connectivity index (χ2v) is 7.90. The summed E-state index contributed by atoms with van der Waals surface area (Å²) in [6, 6.07) is 6.70. The van der Waals surface area contributed by atoms with E-state index in [2.05, 4.69) is 15.2 Å². The van der Waals surface area contributed by atoms with Gasteiger partial charge in [0, 0.05) is 58.0 Å². The van der Waals surface area contributed by atoms with Crippen molar-refractivity contribution in [1.82, 2.24) is 19.8 Å². The summed E-state index contributed by atoms with van der Waals surface area (Å²) in [7, 11) is 2.00. The number of imidazole rings is 1. The maximum Gasteiger partial charge on any atom is 0.230 e. The van der Waals surface area contributed by atoms with Gasteiger partial charge in [-0.15, -0.1) is 0 Å². The van der Waals surface area contributed by atoms with E-state index in [0.29, 0.717) is 38.3 Å². The quantitative estimate of drug-likeness (QED) is 0.782. The van der Waals surface area contributed by atoms with Gasteiger partial charge in [0.15, 0.2) is 0 Å². The standard InChI is InChI=1S/C21H27FN4O2/c1-25-11-9-23-19(25)7-10-26-12-17-13-28-15-21(17,14-26)20(27)24-8-6-16-4-2-3-5-18(16)22/h2-5,9,11,17H,6-8,10,12-15H2,1H3,(H,24,27)/t17-,21-/m0/s1. The Labute approximate surface area is 164 Å². The van der Waals surface area contributed by atoms with Crippen LogP contribution >= 0.6 is 0 Å². The van der Waals surface area contributed by atoms with Gasteiger partial charge < -0.3 is 19.5 Å². The average Bonchev–Trinajstić information content (AvgIpc) is 3.35. The highest BCUT2D eigenvalue weighted by atomic mass is 19.1. The molecule has 2 aliphatic heterocycles. The first kappa shape index (κ1) is 19.1. The van der Waals surface area contributed by atoms with Crippen LogP contribution in [0.15, 0.2) is 36.7 Å². The smallest absolute Gasteiger partial charge is 0.230 e. The van der Waals surface area contributed by atoms with Crippen LogP contribution in [0.3, 0.4) is 0 Å². The number of aromatic nitrogens is 2. The minimum atomic E-state index is -0.489. The summed E-state index contributed by atoms with van der Waals surface area (Å²) in [6.45, 7) is 3.97. The number of carbonyl (C=O) groups excluding carboxylic acids is 1. The molecule has 0 radical (unpaired) electrons. The van der Waals surface area contributed by atoms with E-state index < -0.39 is 5.41 Å². The highest BCUT2D eigenvalue weighted by Gasteiger charge is 2.55. The van der Waals surface area contributed by atoms with Gasteiger partial charge in [0.05, 0.1) is 18.6 Å². The molecule has 2 fully saturated rings. The van der Waals surface area contributed by atoms with Crippen molar-refractivity contribution in [3.63, 3.8) is 0 Å². The molecule has 4 rings (SSSR count). The maximum atomic E-state index is 13.8. The summed E-state index contributed by atoms with van der Waals surface area (Å²) < 4.78 is 21.5. The lowest BCUT2D eigenvalue weighted by Gasteiger charge is -2.26. The monoisotopic (exact) mass is 386 g/mol. The first-order valence-corrected chi connectivity index (χ1v) is 9.86. The topological polar surface area (TPSA) is 59.4 Å². The zero-order chi connectivity index (χ0) is 19.6. The van der Waals surface area contributed by atoms with Crippen LogP contribution in [0.5, 0.6) is 0 Å². The predicted octanol–water partition coefficient (Wildman–Crippen LogP) is 1.41. The van der Waals surface area contributed by atoms with Gasteiger partial charge in [-0.3, -0.25) is 4.79 Å². The summed E-state index contributed by atoms with van der Waals surface area (Å²) in [5.41, 5.74) is 0.138. The molecule has 2 aromatic rings. The van der Waals surface area contributed by atoms with Crippen molar-refractivity contribution in [2.75, 3.05) is 39.4 Å². The Bertz CT molecular complexity index is 839. The van der Waals surface area contributed by atoms with E-state index in [1.54, 1.807) is 12.1 Å². The van der Waals surface area contributed by atoms with Crippen LogP contribution < -0.4 is 5.32 Å². The van der Waals surface area contributed by atoms with Gasteiger partial charge in [0.1, 0.15) is 11.6 Å². The fraction of sp³-hybridized carbons (Fsp3) is 0.524. The molecule has 0 bridgehead atoms. The van der Waals surface area contributed by atoms with Crippen molar-refractivity contribution in [3.8, 4) is 0 Å². The lowest BCUT2D eigenvalue weighted by atomic mass is 9.80. The van der Waals surface area contributed by atoms with Crippen molar-refractivity contribution < 1.29 is 13.9 Å². The molecule has 6 nitrogen and oxygen atoms in total. The molecule has 1 aromatic carbocycles. The minimum absolute atomic E-state index is 0.0332. The second kappa shape index (κ2) is 8.01. The zero-order valence-electron chi connectivity index (χ0n) is 16.2. The zero-order valence-corrected chi connectivity index (χ0v) is 16.2. The third kappa shape index (κ3) is 3.69. The number of hydrogen-bond donors (Lipinski definition) is 1. The van der Waals surface area contributed by atoms with Crippen molar-refractivity contribution in [2.45, 2.75) is 12.8 Å². The molecule has 0 saturated carbocycles. The maximum absolute atomic E-state index is 13.8. The van der Waals surface area contributed by atoms with Gasteiger partial charge in [-0.05, 0) is 18.1 Å². The molecule has 7 heteroatoms. The molecule has 2 saturated heterocycles. The Morgan fingerprint density at radius 1 is 1.39 bits per heavy atom. The number of rotatable bonds is 7. The number of amides is 1. The SMILES string of the molecule is Cn1ccnc1CCN1C[C@H]2COC[C@@]2(C(=O)NCCc2ccccc2F)C1. The molecular weight excluding hydrogens is 359 g/mol. The third-order valence-corrected chi connectivity index (χ3v) is 6.11. The molecule has 0 spiro atoms. The Morgan fingerprint density at radius 2 is 2.25 bits per heavy atom. The number of likely N-dealkylation sites (tertiary alicyclic amines) is 1. The molecule has 2 aliphatic rings. The molecule has 2 atom stereocenters. The Morgan fingerprint density at radius 3 is 3.04 bits per heavy atom. The van der Waals surface area contributed by atoms with Crippen LogP contribution in [-0.4, -0.2) is 59.8 Å². The molecule has 1 aromatic heterocycles. The minimum Gasteiger partial charge on any atom is -0.380 e. The molecule has 0 aliphatic carbocycles. The van der Waals surface area contributed by atoms with E-state index in [9.17, 15) is 9.18 Å². The Kier molecular flexibility index (Phi) is 5.46. The van der Waals surface area contributed by atoms with Crippen LogP contribution in [0.4, 0.5) is 4.39 Å². The number of carbonyl (C=O) groups is 1. The molecule has 28 heavy (non-hydrogen) atoms. The van der Waals surface area contributed by atoms with Gasteiger partial charge in [0.25, 0.3) is 0 Å². The van der Waals surface area contributed by atoms with E-state index in [-0.39, 0.29) is 17.6 Å². The number of nitrogens with one attached hydrogen (secondary N) is 1. The van der Waals surface area contributed by atoms with Crippen LogP contribution in [0.25, 0.3) is 0 Å². The molecule has 150 valence electrons. The van der Waals surface area contributed by atoms with E-state index >= 15 is 0 Å². The van der Waals surface area contributed by atoms with E-state index in [4.69, 9.17) is 4.74 Å². The van der Waals surface area contributed by atoms with Crippen LogP contribution in [-0.2, 0) is 29.4 Å². The number of hydrogen-bond acceptors (Lipinski definition) is 4. The summed E-state index contributed by atoms with van der Waals surface area (Å²) in [4.78, 5) is 19.8. The van der Waals surface area contributed by atoms with Crippen LogP contribution in [0.2, 0.25) is 0 Å². The number of nitrogens with zero attached hydrogens (tertiary/aromatic N) is 3. The third-order valence-electron chi connectivity index (χ3n) is 6.11. The Hall–Kier alpha value is -2.25. The second-order valence-electron chi connectivity index (χ2n) is 7.90. The van der Waals surface area contributed by atoms with E-state index in [1.165, 1.54) is 6.07 Å². The Balaban J connectivity index is 1.33. The molecule has 0 unspecified atom stereocenters. The molecule has 1 N–H and O–H groups in total. The van der Waals surface area contributed by atoms with Crippen molar-refractivity contribution >= 4 is 5.91 Å². The van der Waals surface area contributed by atoms with Crippen LogP contribution in [0.1, 0.15) is 11.4 Å². The molecular formula is C21H27FN4O2. The van der Waals surface area contributed by atoms with E-state index in [1.807, 2.05) is 30.1 Å². The van der Waals surface area contributed by atoms with Gasteiger partial charge in [-0.2, -0.15) is 0 Å². The normalized spacial score (nSPS) is 24.4. The first-order valence-electron chi connectivity index (χ1n) is 9.86. The van der Waals surface area contributed by atoms with Crippen molar-refractivity contribution in [3.05, 3.63) is 53.9 Å². The predicted molar refractivity (Wildman–Crippen MR) is 103 cm³/mol. The van der Waals surface area contributed by atoms with E-state index in [0.717, 1.165) is 25.3 Å². The number of ether oxygens (including phenoxy) is 1. The fourth-order valence-electron chi connectivity index (χ4n) is 4.41. The van der Waals surface area contributed by atoms with Crippen molar-refractivity contribution in [1.29, 1.82) is 0 Å². The largest absolute Gasteiger partial charge is 0.380 e. The first-order chi connectivity index (χ1) is 13.6. The van der Waals surface area contributed by atoms with Crippen molar-refractivity contribution in [2.24, 2.45) is 18.4 Å². The van der Waals surface area contributed by atoms with Crippen LogP contribution in [0, 0.1) is 17.2 Å². The fourth-order valence-corrected chi connectivity index (χ4v) is 4.41. The summed E-state index contributed by atoms with van der Waals surface area (Å²) >= 11 is 0. The number of halogens is 1. The average molecular weight is 386 g/mol. The lowest BCUT2D eigenvalue weighted by molar-refractivity contribution is -0.131. The van der Waals surface area contributed by atoms with Gasteiger partial charge >= 0.3 is 0 Å².